The summed E-state index contributed by atoms with van der Waals surface area (Å²) < 4.78 is 0. The van der Waals surface area contributed by atoms with Crippen LogP contribution in [-0.2, 0) is 0 Å². The maximum Gasteiger partial charge on any atom is 0.269 e. The standard InChI is InChI=1S/C9H11N3O2/c13-12(14)9-3-1-7(2-4-9)11-8-5-10-6-8/h1-4,8,10-11H,5-6H2. The number of benzene rings is 1. The van der Waals surface area contributed by atoms with E-state index in [-0.39, 0.29) is 5.69 Å². The zero-order chi connectivity index (χ0) is 9.97. The van der Waals surface area contributed by atoms with Gasteiger partial charge in [-0.1, -0.05) is 0 Å². The molecule has 0 saturated carbocycles. The van der Waals surface area contributed by atoms with E-state index in [9.17, 15) is 10.1 Å². The first kappa shape index (κ1) is 8.96. The van der Waals surface area contributed by atoms with Crippen molar-refractivity contribution < 1.29 is 4.92 Å². The molecule has 0 aromatic heterocycles. The summed E-state index contributed by atoms with van der Waals surface area (Å²) in [5.41, 5.74) is 1.06. The van der Waals surface area contributed by atoms with Gasteiger partial charge in [-0.3, -0.25) is 10.1 Å². The van der Waals surface area contributed by atoms with Gasteiger partial charge >= 0.3 is 0 Å². The molecule has 0 bridgehead atoms. The van der Waals surface area contributed by atoms with Crippen LogP contribution in [0.3, 0.4) is 0 Å². The fraction of sp³-hybridized carbons (Fsp3) is 0.333. The molecule has 0 spiro atoms. The molecule has 0 atom stereocenters. The smallest absolute Gasteiger partial charge is 0.269 e. The Morgan fingerprint density at radius 3 is 2.43 bits per heavy atom. The highest BCUT2D eigenvalue weighted by Crippen LogP contribution is 2.16. The molecule has 1 aromatic rings. The van der Waals surface area contributed by atoms with E-state index in [1.54, 1.807) is 12.1 Å². The summed E-state index contributed by atoms with van der Waals surface area (Å²) in [6.07, 6.45) is 0. The topological polar surface area (TPSA) is 67.2 Å². The van der Waals surface area contributed by atoms with Gasteiger partial charge in [-0.2, -0.15) is 0 Å². The van der Waals surface area contributed by atoms with Gasteiger partial charge in [0.25, 0.3) is 5.69 Å². The van der Waals surface area contributed by atoms with Crippen LogP contribution >= 0.6 is 0 Å². The second-order valence-corrected chi connectivity index (χ2v) is 3.30. The highest BCUT2D eigenvalue weighted by molar-refractivity contribution is 5.49. The molecule has 5 heteroatoms. The zero-order valence-electron chi connectivity index (χ0n) is 7.56. The van der Waals surface area contributed by atoms with Crippen molar-refractivity contribution >= 4 is 11.4 Å². The fourth-order valence-electron chi connectivity index (χ4n) is 1.31. The van der Waals surface area contributed by atoms with Crippen LogP contribution < -0.4 is 10.6 Å². The summed E-state index contributed by atoms with van der Waals surface area (Å²) in [6, 6.07) is 6.94. The third-order valence-corrected chi connectivity index (χ3v) is 2.23. The van der Waals surface area contributed by atoms with Gasteiger partial charge in [0.1, 0.15) is 0 Å². The molecular formula is C9H11N3O2. The number of nitro groups is 1. The summed E-state index contributed by atoms with van der Waals surface area (Å²) >= 11 is 0. The van der Waals surface area contributed by atoms with Crippen molar-refractivity contribution in [2.45, 2.75) is 6.04 Å². The van der Waals surface area contributed by atoms with E-state index in [2.05, 4.69) is 10.6 Å². The Labute approximate surface area is 81.3 Å². The van der Waals surface area contributed by atoms with Gasteiger partial charge < -0.3 is 10.6 Å². The summed E-state index contributed by atoms with van der Waals surface area (Å²) in [5.74, 6) is 0. The predicted molar refractivity (Wildman–Crippen MR) is 53.4 cm³/mol. The van der Waals surface area contributed by atoms with Crippen LogP contribution in [-0.4, -0.2) is 24.1 Å². The number of hydrogen-bond acceptors (Lipinski definition) is 4. The monoisotopic (exact) mass is 193 g/mol. The first-order valence-electron chi connectivity index (χ1n) is 4.47. The Morgan fingerprint density at radius 1 is 1.36 bits per heavy atom. The largest absolute Gasteiger partial charge is 0.380 e. The van der Waals surface area contributed by atoms with Crippen molar-refractivity contribution in [2.75, 3.05) is 18.4 Å². The maximum atomic E-state index is 10.4. The Morgan fingerprint density at radius 2 is 2.00 bits per heavy atom. The molecule has 5 nitrogen and oxygen atoms in total. The maximum absolute atomic E-state index is 10.4. The average molecular weight is 193 g/mol. The van der Waals surface area contributed by atoms with Crippen LogP contribution in [0, 0.1) is 10.1 Å². The van der Waals surface area contributed by atoms with Crippen molar-refractivity contribution in [1.29, 1.82) is 0 Å². The molecule has 1 saturated heterocycles. The Kier molecular flexibility index (Phi) is 2.32. The van der Waals surface area contributed by atoms with Gasteiger partial charge in [0.2, 0.25) is 0 Å². The first-order valence-corrected chi connectivity index (χ1v) is 4.47. The molecule has 0 radical (unpaired) electrons. The van der Waals surface area contributed by atoms with Gasteiger partial charge in [0.15, 0.2) is 0 Å². The molecule has 2 N–H and O–H groups in total. The highest BCUT2D eigenvalue weighted by Gasteiger charge is 2.15. The third-order valence-electron chi connectivity index (χ3n) is 2.23. The minimum absolute atomic E-state index is 0.127. The normalized spacial score (nSPS) is 16.0. The van der Waals surface area contributed by atoms with E-state index in [0.717, 1.165) is 18.8 Å². The van der Waals surface area contributed by atoms with Crippen molar-refractivity contribution in [3.05, 3.63) is 34.4 Å². The van der Waals surface area contributed by atoms with Crippen LogP contribution in [0.15, 0.2) is 24.3 Å². The Balaban J connectivity index is 2.01. The van der Waals surface area contributed by atoms with Gasteiger partial charge in [-0.15, -0.1) is 0 Å². The van der Waals surface area contributed by atoms with Crippen molar-refractivity contribution in [3.63, 3.8) is 0 Å². The number of anilines is 1. The van der Waals surface area contributed by atoms with Crippen LogP contribution in [0.25, 0.3) is 0 Å². The van der Waals surface area contributed by atoms with Crippen LogP contribution in [0.1, 0.15) is 0 Å². The molecular weight excluding hydrogens is 182 g/mol. The molecule has 0 unspecified atom stereocenters. The zero-order valence-corrected chi connectivity index (χ0v) is 7.56. The van der Waals surface area contributed by atoms with Crippen molar-refractivity contribution in [1.82, 2.24) is 5.32 Å². The summed E-state index contributed by atoms with van der Waals surface area (Å²) in [4.78, 5) is 9.98. The molecule has 1 aromatic carbocycles. The minimum Gasteiger partial charge on any atom is -0.380 e. The van der Waals surface area contributed by atoms with Gasteiger partial charge in [-0.25, -0.2) is 0 Å². The van der Waals surface area contributed by atoms with E-state index in [1.165, 1.54) is 12.1 Å². The third kappa shape index (κ3) is 1.82. The Bertz CT molecular complexity index is 332. The van der Waals surface area contributed by atoms with E-state index in [0.29, 0.717) is 6.04 Å². The summed E-state index contributed by atoms with van der Waals surface area (Å²) in [7, 11) is 0. The SMILES string of the molecule is O=[N+]([O-])c1ccc(NC2CNC2)cc1. The molecule has 0 aliphatic carbocycles. The molecule has 1 heterocycles. The lowest BCUT2D eigenvalue weighted by molar-refractivity contribution is -0.384. The highest BCUT2D eigenvalue weighted by atomic mass is 16.6. The molecule has 1 aliphatic heterocycles. The minimum atomic E-state index is -0.394. The summed E-state index contributed by atoms with van der Waals surface area (Å²) in [5, 5.41) is 16.8. The Hall–Kier alpha value is -1.62. The second-order valence-electron chi connectivity index (χ2n) is 3.30. The number of nitrogens with one attached hydrogen (secondary N) is 2. The van der Waals surface area contributed by atoms with Gasteiger partial charge in [0.05, 0.1) is 11.0 Å². The molecule has 1 fully saturated rings. The average Bonchev–Trinajstić information content (AvgIpc) is 2.12. The van der Waals surface area contributed by atoms with E-state index in [1.807, 2.05) is 0 Å². The molecule has 1 aliphatic rings. The predicted octanol–water partition coefficient (Wildman–Crippen LogP) is 0.978. The molecule has 14 heavy (non-hydrogen) atoms. The van der Waals surface area contributed by atoms with E-state index < -0.39 is 4.92 Å². The van der Waals surface area contributed by atoms with Crippen LogP contribution in [0.2, 0.25) is 0 Å². The lowest BCUT2D eigenvalue weighted by atomic mass is 10.1. The number of nitro benzene ring substituents is 1. The number of hydrogen-bond donors (Lipinski definition) is 2. The van der Waals surface area contributed by atoms with Crippen LogP contribution in [0.4, 0.5) is 11.4 Å². The van der Waals surface area contributed by atoms with Crippen LogP contribution in [0.5, 0.6) is 0 Å². The lowest BCUT2D eigenvalue weighted by Crippen LogP contribution is -2.51. The summed E-state index contributed by atoms with van der Waals surface area (Å²) in [6.45, 7) is 1.91. The molecule has 0 amide bonds. The van der Waals surface area contributed by atoms with E-state index in [4.69, 9.17) is 0 Å². The number of nitrogens with zero attached hydrogens (tertiary/aromatic N) is 1. The number of non-ortho nitro benzene ring substituents is 1. The van der Waals surface area contributed by atoms with Crippen molar-refractivity contribution in [3.8, 4) is 0 Å². The molecule has 74 valence electrons. The van der Waals surface area contributed by atoms with Gasteiger partial charge in [-0.05, 0) is 12.1 Å². The first-order chi connectivity index (χ1) is 6.75. The lowest BCUT2D eigenvalue weighted by Gasteiger charge is -2.28. The molecule has 2 rings (SSSR count). The van der Waals surface area contributed by atoms with Gasteiger partial charge in [0, 0.05) is 30.9 Å². The quantitative estimate of drug-likeness (QED) is 0.554. The fourth-order valence-corrected chi connectivity index (χ4v) is 1.31. The van der Waals surface area contributed by atoms with Crippen molar-refractivity contribution in [2.24, 2.45) is 0 Å². The number of rotatable bonds is 3. The van der Waals surface area contributed by atoms with E-state index >= 15 is 0 Å². The second kappa shape index (κ2) is 3.63.